The van der Waals surface area contributed by atoms with Crippen molar-refractivity contribution < 1.29 is 14.3 Å². The van der Waals surface area contributed by atoms with Gasteiger partial charge in [0.25, 0.3) is 0 Å². The maximum absolute atomic E-state index is 12.0. The summed E-state index contributed by atoms with van der Waals surface area (Å²) in [5.74, 6) is 0.555. The fourth-order valence-corrected chi connectivity index (χ4v) is 3.29. The van der Waals surface area contributed by atoms with Crippen LogP contribution in [0.15, 0.2) is 0 Å². The minimum Gasteiger partial charge on any atom is -0.444 e. The molecule has 19 heavy (non-hydrogen) atoms. The van der Waals surface area contributed by atoms with Crippen molar-refractivity contribution in [2.24, 2.45) is 11.3 Å². The molecular weight excluding hydrogens is 242 g/mol. The summed E-state index contributed by atoms with van der Waals surface area (Å²) >= 11 is 0. The third-order valence-electron chi connectivity index (χ3n) is 4.68. The second kappa shape index (κ2) is 4.80. The normalized spacial score (nSPS) is 26.8. The van der Waals surface area contributed by atoms with Gasteiger partial charge in [-0.15, -0.1) is 0 Å². The Balaban J connectivity index is 1.93. The number of likely N-dealkylation sites (tertiary alicyclic amines) is 1. The summed E-state index contributed by atoms with van der Waals surface area (Å²) in [6.07, 6.45) is 3.35. The summed E-state index contributed by atoms with van der Waals surface area (Å²) in [4.78, 5) is 25.5. The second-order valence-electron chi connectivity index (χ2n) is 7.02. The van der Waals surface area contributed by atoms with Gasteiger partial charge in [-0.3, -0.25) is 4.79 Å². The molecule has 1 aliphatic heterocycles. The minimum atomic E-state index is -0.442. The smallest absolute Gasteiger partial charge is 0.410 e. The zero-order chi connectivity index (χ0) is 14.3. The molecule has 108 valence electrons. The lowest BCUT2D eigenvalue weighted by molar-refractivity contribution is -0.122. The van der Waals surface area contributed by atoms with Gasteiger partial charge in [0.2, 0.25) is 0 Å². The van der Waals surface area contributed by atoms with Gasteiger partial charge in [-0.25, -0.2) is 4.79 Å². The molecule has 0 aromatic rings. The first-order valence-electron chi connectivity index (χ1n) is 7.24. The van der Waals surface area contributed by atoms with Crippen LogP contribution in [0, 0.1) is 11.3 Å². The van der Waals surface area contributed by atoms with Crippen molar-refractivity contribution in [3.8, 4) is 0 Å². The number of ether oxygens (including phenoxy) is 1. The summed E-state index contributed by atoms with van der Waals surface area (Å²) in [5, 5.41) is 0. The van der Waals surface area contributed by atoms with Crippen molar-refractivity contribution in [1.29, 1.82) is 0 Å². The highest BCUT2D eigenvalue weighted by molar-refractivity contribution is 5.84. The Morgan fingerprint density at radius 2 is 1.84 bits per heavy atom. The molecule has 2 aliphatic rings. The minimum absolute atomic E-state index is 0.148. The molecule has 0 radical (unpaired) electrons. The van der Waals surface area contributed by atoms with Crippen molar-refractivity contribution >= 4 is 11.9 Å². The average molecular weight is 267 g/mol. The number of hydrogen-bond donors (Lipinski definition) is 0. The molecule has 4 nitrogen and oxygen atoms in total. The maximum atomic E-state index is 12.0. The van der Waals surface area contributed by atoms with E-state index in [0.29, 0.717) is 25.3 Å². The number of carbonyl (C=O) groups is 2. The fourth-order valence-electron chi connectivity index (χ4n) is 3.29. The van der Waals surface area contributed by atoms with Crippen LogP contribution in [-0.4, -0.2) is 35.5 Å². The van der Waals surface area contributed by atoms with Crippen LogP contribution in [0.1, 0.15) is 53.4 Å². The van der Waals surface area contributed by atoms with E-state index >= 15 is 0 Å². The highest BCUT2D eigenvalue weighted by atomic mass is 16.6. The van der Waals surface area contributed by atoms with Crippen LogP contribution in [0.4, 0.5) is 4.79 Å². The Labute approximate surface area is 115 Å². The number of carbonyl (C=O) groups excluding carboxylic acids is 2. The van der Waals surface area contributed by atoms with E-state index in [2.05, 4.69) is 6.92 Å². The molecule has 1 saturated heterocycles. The van der Waals surface area contributed by atoms with E-state index in [4.69, 9.17) is 4.74 Å². The Kier molecular flexibility index (Phi) is 3.63. The van der Waals surface area contributed by atoms with Gasteiger partial charge >= 0.3 is 6.09 Å². The zero-order valence-electron chi connectivity index (χ0n) is 12.5. The van der Waals surface area contributed by atoms with Crippen molar-refractivity contribution in [1.82, 2.24) is 4.90 Å². The number of hydrogen-bond acceptors (Lipinski definition) is 3. The third kappa shape index (κ3) is 2.93. The van der Waals surface area contributed by atoms with Gasteiger partial charge in [-0.05, 0) is 45.4 Å². The lowest BCUT2D eigenvalue weighted by Gasteiger charge is -2.41. The van der Waals surface area contributed by atoms with Crippen LogP contribution in [0.3, 0.4) is 0 Å². The average Bonchev–Trinajstić information content (AvgIpc) is 2.57. The summed E-state index contributed by atoms with van der Waals surface area (Å²) in [6.45, 7) is 9.13. The Morgan fingerprint density at radius 3 is 2.26 bits per heavy atom. The molecule has 2 rings (SSSR count). The van der Waals surface area contributed by atoms with Gasteiger partial charge in [-0.2, -0.15) is 0 Å². The van der Waals surface area contributed by atoms with E-state index in [1.165, 1.54) is 0 Å². The number of ketones is 1. The molecule has 1 spiro atoms. The molecule has 0 aromatic heterocycles. The Hall–Kier alpha value is -1.06. The van der Waals surface area contributed by atoms with Crippen LogP contribution in [0.2, 0.25) is 0 Å². The van der Waals surface area contributed by atoms with Crippen molar-refractivity contribution in [2.45, 2.75) is 59.0 Å². The highest BCUT2D eigenvalue weighted by Gasteiger charge is 2.47. The van der Waals surface area contributed by atoms with E-state index in [0.717, 1.165) is 19.3 Å². The molecular formula is C15H25NO3. The van der Waals surface area contributed by atoms with Crippen molar-refractivity contribution in [2.75, 3.05) is 13.1 Å². The van der Waals surface area contributed by atoms with Crippen LogP contribution >= 0.6 is 0 Å². The Morgan fingerprint density at radius 1 is 1.26 bits per heavy atom. The molecule has 1 unspecified atom stereocenters. The summed E-state index contributed by atoms with van der Waals surface area (Å²) in [7, 11) is 0. The first-order chi connectivity index (χ1) is 8.73. The number of piperidine rings is 1. The summed E-state index contributed by atoms with van der Waals surface area (Å²) < 4.78 is 5.40. The molecule has 1 saturated carbocycles. The van der Waals surface area contributed by atoms with E-state index in [1.807, 2.05) is 20.8 Å². The largest absolute Gasteiger partial charge is 0.444 e. The molecule has 0 N–H and O–H groups in total. The lowest BCUT2D eigenvalue weighted by atomic mass is 9.71. The SMILES string of the molecule is CC1C(=O)CCC12CCN(C(=O)OC(C)(C)C)CC2. The van der Waals surface area contributed by atoms with E-state index in [1.54, 1.807) is 4.90 Å². The van der Waals surface area contributed by atoms with Gasteiger partial charge in [-0.1, -0.05) is 6.92 Å². The number of amides is 1. The molecule has 1 aliphatic carbocycles. The fraction of sp³-hybridized carbons (Fsp3) is 0.867. The predicted molar refractivity (Wildman–Crippen MR) is 72.9 cm³/mol. The number of rotatable bonds is 0. The quantitative estimate of drug-likeness (QED) is 0.678. The molecule has 0 aromatic carbocycles. The van der Waals surface area contributed by atoms with Crippen LogP contribution in [0.5, 0.6) is 0 Å². The molecule has 1 heterocycles. The molecule has 2 fully saturated rings. The number of Topliss-reactive ketones (excluding diaryl/α,β-unsaturated/α-hetero) is 1. The van der Waals surface area contributed by atoms with E-state index in [9.17, 15) is 9.59 Å². The molecule has 4 heteroatoms. The van der Waals surface area contributed by atoms with Gasteiger partial charge in [0.05, 0.1) is 0 Å². The van der Waals surface area contributed by atoms with Gasteiger partial charge in [0.1, 0.15) is 11.4 Å². The van der Waals surface area contributed by atoms with Crippen molar-refractivity contribution in [3.05, 3.63) is 0 Å². The van der Waals surface area contributed by atoms with Gasteiger partial charge in [0.15, 0.2) is 0 Å². The standard InChI is InChI=1S/C15H25NO3/c1-11-12(17)5-6-15(11)7-9-16(10-8-15)13(18)19-14(2,3)4/h11H,5-10H2,1-4H3. The first-order valence-corrected chi connectivity index (χ1v) is 7.24. The first kappa shape index (κ1) is 14.4. The summed E-state index contributed by atoms with van der Waals surface area (Å²) in [6, 6.07) is 0. The molecule has 0 bridgehead atoms. The summed E-state index contributed by atoms with van der Waals surface area (Å²) in [5.41, 5.74) is -0.293. The zero-order valence-corrected chi connectivity index (χ0v) is 12.5. The number of nitrogens with zero attached hydrogens (tertiary/aromatic N) is 1. The topological polar surface area (TPSA) is 46.6 Å². The molecule has 1 atom stereocenters. The van der Waals surface area contributed by atoms with Gasteiger partial charge < -0.3 is 9.64 Å². The third-order valence-corrected chi connectivity index (χ3v) is 4.68. The predicted octanol–water partition coefficient (Wildman–Crippen LogP) is 3.00. The van der Waals surface area contributed by atoms with Gasteiger partial charge in [0, 0.05) is 25.4 Å². The molecule has 1 amide bonds. The van der Waals surface area contributed by atoms with Crippen molar-refractivity contribution in [3.63, 3.8) is 0 Å². The lowest BCUT2D eigenvalue weighted by Crippen LogP contribution is -2.46. The second-order valence-corrected chi connectivity index (χ2v) is 7.02. The van der Waals surface area contributed by atoms with Crippen LogP contribution < -0.4 is 0 Å². The van der Waals surface area contributed by atoms with E-state index in [-0.39, 0.29) is 17.4 Å². The van der Waals surface area contributed by atoms with E-state index < -0.39 is 5.60 Å². The monoisotopic (exact) mass is 267 g/mol. The Bertz CT molecular complexity index is 375. The maximum Gasteiger partial charge on any atom is 0.410 e. The van der Waals surface area contributed by atoms with Crippen LogP contribution in [0.25, 0.3) is 0 Å². The highest BCUT2D eigenvalue weighted by Crippen LogP contribution is 2.48. The van der Waals surface area contributed by atoms with Crippen LogP contribution in [-0.2, 0) is 9.53 Å².